The number of hydrogen-bond acceptors (Lipinski definition) is 19. The molecule has 8 aliphatic rings. The van der Waals surface area contributed by atoms with Gasteiger partial charge in [-0.05, 0) is 124 Å². The molecule has 0 unspecified atom stereocenters. The van der Waals surface area contributed by atoms with Crippen LogP contribution >= 0.6 is 0 Å². The summed E-state index contributed by atoms with van der Waals surface area (Å²) in [5, 5.41) is 127. The first-order chi connectivity index (χ1) is 31.2. The van der Waals surface area contributed by atoms with Gasteiger partial charge in [0.15, 0.2) is 18.9 Å². The van der Waals surface area contributed by atoms with Gasteiger partial charge < -0.3 is 94.4 Å². The highest BCUT2D eigenvalue weighted by atomic mass is 16.7. The van der Waals surface area contributed by atoms with Crippen LogP contribution in [0.15, 0.2) is 0 Å². The van der Waals surface area contributed by atoms with E-state index in [1.165, 1.54) is 0 Å². The zero-order valence-corrected chi connectivity index (χ0v) is 40.4. The Morgan fingerprint density at radius 2 is 1.01 bits per heavy atom. The van der Waals surface area contributed by atoms with Crippen molar-refractivity contribution >= 4 is 0 Å². The Morgan fingerprint density at radius 3 is 1.55 bits per heavy atom. The fraction of sp³-hybridized carbons (Fsp3) is 1.00. The van der Waals surface area contributed by atoms with E-state index in [2.05, 4.69) is 41.5 Å². The van der Waals surface area contributed by atoms with Crippen LogP contribution in [-0.2, 0) is 33.2 Å². The molecule has 19 heteroatoms. The lowest BCUT2D eigenvalue weighted by molar-refractivity contribution is -0.344. The van der Waals surface area contributed by atoms with E-state index in [4.69, 9.17) is 33.2 Å². The Balaban J connectivity index is 1.08. The molecule has 0 amide bonds. The fourth-order valence-electron chi connectivity index (χ4n) is 15.6. The molecule has 4 aliphatic carbocycles. The summed E-state index contributed by atoms with van der Waals surface area (Å²) in [4.78, 5) is 0. The van der Waals surface area contributed by atoms with Gasteiger partial charge in [-0.25, -0.2) is 0 Å². The molecule has 67 heavy (non-hydrogen) atoms. The third-order valence-corrected chi connectivity index (χ3v) is 19.8. The maximum absolute atomic E-state index is 11.4. The third-order valence-electron chi connectivity index (χ3n) is 19.8. The molecule has 0 aromatic rings. The molecule has 8 fully saturated rings. The van der Waals surface area contributed by atoms with Crippen LogP contribution in [0.4, 0.5) is 0 Å². The minimum absolute atomic E-state index is 0.0667. The summed E-state index contributed by atoms with van der Waals surface area (Å²) in [7, 11) is 0. The minimum Gasteiger partial charge on any atom is -0.394 e. The normalized spacial score (nSPS) is 55.7. The van der Waals surface area contributed by atoms with Gasteiger partial charge in [0.2, 0.25) is 0 Å². The smallest absolute Gasteiger partial charge is 0.187 e. The van der Waals surface area contributed by atoms with Gasteiger partial charge in [0, 0.05) is 0 Å². The first-order valence-corrected chi connectivity index (χ1v) is 24.8. The first kappa shape index (κ1) is 52.6. The molecule has 0 aromatic heterocycles. The standard InChI is InChI=1S/C48H82O19/c1-43(2)26-10-15-46(6)27(45(26,5)13-11-28(43)65-41-38(59)35(56)32(53)24(19-50)63-41)17-22(61-40-37(58)34(55)31(52)23(18-49)62-40)30-21(9-14-47(30,46)7)48(8)16-12-29(66-48)44(3,4)67-42-39(60)36(57)33(54)25(20-51)64-42/h21-42,49-60H,9-20H2,1-8H3/t21-,22+,23+,24+,25+,26-,27+,28-,29+,30-,31+,32+,33+,34-,35-,36-,37+,38+,39+,40+,41-,42-,45-,46+,47+,48-/m0/s1. The molecule has 4 saturated carbocycles. The van der Waals surface area contributed by atoms with Gasteiger partial charge in [0.25, 0.3) is 0 Å². The van der Waals surface area contributed by atoms with Crippen LogP contribution in [-0.4, -0.2) is 203 Å². The number of fused-ring (bicyclic) bond motifs is 5. The SMILES string of the molecule is CC(C)(O[C@@H]1O[C@H](CO)[C@@H](O)[C@H](O)[C@H]1O)[C@H]1CC[C@@](C)([C@H]2CC[C@]3(C)[C@@H]2[C@H](O[C@@H]2O[C@H](CO)[C@@H](O)[C@H](O)[C@H]2O)C[C@@H]2[C@@]4(C)CC[C@H](O[C@@H]5O[C@H](CO)[C@@H](O)[C@H](O)[C@H]5O)C(C)(C)[C@@H]4CC[C@]23C)O1. The fourth-order valence-corrected chi connectivity index (χ4v) is 15.6. The van der Waals surface area contributed by atoms with E-state index in [-0.39, 0.29) is 39.9 Å². The quantitative estimate of drug-likeness (QED) is 0.113. The Morgan fingerprint density at radius 1 is 0.522 bits per heavy atom. The summed E-state index contributed by atoms with van der Waals surface area (Å²) in [5.74, 6) is -0.0624. The van der Waals surface area contributed by atoms with E-state index in [9.17, 15) is 61.3 Å². The van der Waals surface area contributed by atoms with E-state index >= 15 is 0 Å². The summed E-state index contributed by atoms with van der Waals surface area (Å²) in [6, 6.07) is 0. The number of rotatable bonds is 11. The summed E-state index contributed by atoms with van der Waals surface area (Å²) in [6.45, 7) is 15.5. The molecular weight excluding hydrogens is 881 g/mol. The highest BCUT2D eigenvalue weighted by molar-refractivity contribution is 5.21. The van der Waals surface area contributed by atoms with Gasteiger partial charge in [-0.15, -0.1) is 0 Å². The second-order valence-corrected chi connectivity index (χ2v) is 23.8. The lowest BCUT2D eigenvalue weighted by Gasteiger charge is -2.71. The number of hydrogen-bond donors (Lipinski definition) is 12. The summed E-state index contributed by atoms with van der Waals surface area (Å²) < 4.78 is 44.7. The molecule has 12 N–H and O–H groups in total. The zero-order chi connectivity index (χ0) is 49.1. The highest BCUT2D eigenvalue weighted by Crippen LogP contribution is 2.77. The van der Waals surface area contributed by atoms with Crippen LogP contribution < -0.4 is 0 Å². The van der Waals surface area contributed by atoms with E-state index in [1.807, 2.05) is 13.8 Å². The van der Waals surface area contributed by atoms with Crippen molar-refractivity contribution in [1.82, 2.24) is 0 Å². The predicted octanol–water partition coefficient (Wildman–Crippen LogP) is -0.816. The van der Waals surface area contributed by atoms with Crippen molar-refractivity contribution in [3.8, 4) is 0 Å². The number of aliphatic hydroxyl groups excluding tert-OH is 12. The van der Waals surface area contributed by atoms with Crippen LogP contribution in [0.25, 0.3) is 0 Å². The summed E-state index contributed by atoms with van der Waals surface area (Å²) in [6.07, 6.45) is -16.4. The zero-order valence-electron chi connectivity index (χ0n) is 40.4. The minimum atomic E-state index is -1.63. The van der Waals surface area contributed by atoms with Crippen molar-refractivity contribution in [3.05, 3.63) is 0 Å². The molecule has 4 aliphatic heterocycles. The second kappa shape index (κ2) is 18.6. The van der Waals surface area contributed by atoms with E-state index in [1.54, 1.807) is 0 Å². The number of aliphatic hydroxyl groups is 12. The molecule has 4 saturated heterocycles. The molecular formula is C48H82O19. The Hall–Kier alpha value is -0.760. The van der Waals surface area contributed by atoms with Gasteiger partial charge in [-0.3, -0.25) is 0 Å². The van der Waals surface area contributed by atoms with E-state index in [0.717, 1.165) is 32.1 Å². The molecule has 8 rings (SSSR count). The molecule has 0 bridgehead atoms. The molecule has 0 radical (unpaired) electrons. The van der Waals surface area contributed by atoms with Crippen molar-refractivity contribution < 1.29 is 94.4 Å². The maximum Gasteiger partial charge on any atom is 0.187 e. The monoisotopic (exact) mass is 963 g/mol. The first-order valence-electron chi connectivity index (χ1n) is 24.8. The molecule has 388 valence electrons. The van der Waals surface area contributed by atoms with Crippen LogP contribution in [0.2, 0.25) is 0 Å². The Bertz CT molecular complexity index is 1720. The van der Waals surface area contributed by atoms with Gasteiger partial charge in [0.05, 0.1) is 49.3 Å². The van der Waals surface area contributed by atoms with Gasteiger partial charge >= 0.3 is 0 Å². The molecule has 19 nitrogen and oxygen atoms in total. The number of ether oxygens (including phenoxy) is 7. The van der Waals surface area contributed by atoms with Crippen molar-refractivity contribution in [1.29, 1.82) is 0 Å². The van der Waals surface area contributed by atoms with Crippen molar-refractivity contribution in [2.75, 3.05) is 19.8 Å². The van der Waals surface area contributed by atoms with Crippen molar-refractivity contribution in [3.63, 3.8) is 0 Å². The topological polar surface area (TPSA) is 307 Å². The van der Waals surface area contributed by atoms with Crippen LogP contribution in [0.3, 0.4) is 0 Å². The van der Waals surface area contributed by atoms with Gasteiger partial charge in [0.1, 0.15) is 73.2 Å². The van der Waals surface area contributed by atoms with E-state index in [0.29, 0.717) is 25.7 Å². The third kappa shape index (κ3) is 8.40. The van der Waals surface area contributed by atoms with Crippen molar-refractivity contribution in [2.45, 2.75) is 235 Å². The molecule has 0 spiro atoms. The average molecular weight is 963 g/mol. The highest BCUT2D eigenvalue weighted by Gasteiger charge is 2.73. The molecule has 0 aromatic carbocycles. The van der Waals surface area contributed by atoms with E-state index < -0.39 is 147 Å². The lowest BCUT2D eigenvalue weighted by Crippen LogP contribution is -2.68. The molecule has 4 heterocycles. The summed E-state index contributed by atoms with van der Waals surface area (Å²) >= 11 is 0. The Labute approximate surface area is 393 Å². The average Bonchev–Trinajstić information content (AvgIpc) is 3.88. The largest absolute Gasteiger partial charge is 0.394 e. The van der Waals surface area contributed by atoms with Crippen LogP contribution in [0, 0.1) is 45.3 Å². The lowest BCUT2D eigenvalue weighted by atomic mass is 9.35. The van der Waals surface area contributed by atoms with Crippen LogP contribution in [0.1, 0.15) is 113 Å². The second-order valence-electron chi connectivity index (χ2n) is 23.8. The van der Waals surface area contributed by atoms with Crippen molar-refractivity contribution in [2.24, 2.45) is 45.3 Å². The molecule has 26 atom stereocenters. The van der Waals surface area contributed by atoms with Crippen LogP contribution in [0.5, 0.6) is 0 Å². The maximum atomic E-state index is 11.4. The van der Waals surface area contributed by atoms with Gasteiger partial charge in [-0.2, -0.15) is 0 Å². The van der Waals surface area contributed by atoms with Gasteiger partial charge in [-0.1, -0.05) is 34.6 Å². The Kier molecular flexibility index (Phi) is 14.6. The predicted molar refractivity (Wildman–Crippen MR) is 233 cm³/mol. The summed E-state index contributed by atoms with van der Waals surface area (Å²) in [5.41, 5.74) is -3.11.